The van der Waals surface area contributed by atoms with Crippen molar-refractivity contribution in [2.24, 2.45) is 0 Å². The molecule has 3 aromatic carbocycles. The van der Waals surface area contributed by atoms with Gasteiger partial charge in [-0.3, -0.25) is 9.59 Å². The first-order chi connectivity index (χ1) is 17.0. The second kappa shape index (κ2) is 11.1. The van der Waals surface area contributed by atoms with Crippen LogP contribution >= 0.6 is 0 Å². The summed E-state index contributed by atoms with van der Waals surface area (Å²) in [7, 11) is 1.63. The number of amides is 2. The summed E-state index contributed by atoms with van der Waals surface area (Å²) >= 11 is 0. The molecule has 3 aromatic rings. The van der Waals surface area contributed by atoms with Crippen molar-refractivity contribution in [2.45, 2.75) is 51.8 Å². The van der Waals surface area contributed by atoms with Gasteiger partial charge in [-0.1, -0.05) is 56.3 Å². The number of hydrogen-bond acceptors (Lipinski definition) is 4. The highest BCUT2D eigenvalue weighted by atomic mass is 16.5. The molecule has 4 rings (SSSR count). The summed E-state index contributed by atoms with van der Waals surface area (Å²) in [6.07, 6.45) is 0.731. The van der Waals surface area contributed by atoms with Crippen molar-refractivity contribution < 1.29 is 19.1 Å². The van der Waals surface area contributed by atoms with Gasteiger partial charge in [0.1, 0.15) is 11.5 Å². The summed E-state index contributed by atoms with van der Waals surface area (Å²) in [5.74, 6) is 1.13. The largest absolute Gasteiger partial charge is 0.497 e. The second-order valence-electron chi connectivity index (χ2n) is 8.74. The van der Waals surface area contributed by atoms with Crippen LogP contribution in [0.25, 0.3) is 0 Å². The van der Waals surface area contributed by atoms with Crippen LogP contribution in [-0.4, -0.2) is 29.9 Å². The number of benzene rings is 3. The number of nitrogens with zero attached hydrogens (tertiary/aromatic N) is 1. The van der Waals surface area contributed by atoms with Crippen LogP contribution in [0.15, 0.2) is 72.8 Å². The second-order valence-corrected chi connectivity index (χ2v) is 8.74. The third kappa shape index (κ3) is 5.65. The SMILES string of the molecule is CCC1Oc2ccc(NC(=O)C(CC)c3ccccc3)cc2CN(Cc2ccc(OC)cc2)C1=O. The maximum atomic E-state index is 13.2. The van der Waals surface area contributed by atoms with Gasteiger partial charge in [0.25, 0.3) is 5.91 Å². The number of nitrogens with one attached hydrogen (secondary N) is 1. The highest BCUT2D eigenvalue weighted by molar-refractivity contribution is 5.96. The Morgan fingerprint density at radius 3 is 2.49 bits per heavy atom. The summed E-state index contributed by atoms with van der Waals surface area (Å²) in [6, 6.07) is 23.1. The molecule has 6 heteroatoms. The van der Waals surface area contributed by atoms with E-state index in [2.05, 4.69) is 5.32 Å². The number of ether oxygens (including phenoxy) is 2. The summed E-state index contributed by atoms with van der Waals surface area (Å²) in [4.78, 5) is 28.1. The lowest BCUT2D eigenvalue weighted by Crippen LogP contribution is -2.38. The van der Waals surface area contributed by atoms with Crippen molar-refractivity contribution in [1.82, 2.24) is 4.90 Å². The Hall–Kier alpha value is -3.80. The van der Waals surface area contributed by atoms with Gasteiger partial charge in [-0.25, -0.2) is 0 Å². The number of hydrogen-bond donors (Lipinski definition) is 1. The molecule has 6 nitrogen and oxygen atoms in total. The van der Waals surface area contributed by atoms with E-state index in [-0.39, 0.29) is 17.7 Å². The lowest BCUT2D eigenvalue weighted by molar-refractivity contribution is -0.139. The van der Waals surface area contributed by atoms with Crippen LogP contribution in [0.2, 0.25) is 0 Å². The maximum absolute atomic E-state index is 13.2. The number of carbonyl (C=O) groups excluding carboxylic acids is 2. The number of carbonyl (C=O) groups is 2. The molecule has 0 aliphatic carbocycles. The lowest BCUT2D eigenvalue weighted by atomic mass is 9.95. The van der Waals surface area contributed by atoms with Crippen molar-refractivity contribution in [3.05, 3.63) is 89.5 Å². The Morgan fingerprint density at radius 1 is 1.09 bits per heavy atom. The van der Waals surface area contributed by atoms with E-state index < -0.39 is 6.10 Å². The summed E-state index contributed by atoms with van der Waals surface area (Å²) in [5.41, 5.74) is 3.56. The fraction of sp³-hybridized carbons (Fsp3) is 0.310. The molecule has 35 heavy (non-hydrogen) atoms. The molecule has 0 spiro atoms. The number of rotatable bonds is 8. The topological polar surface area (TPSA) is 67.9 Å². The molecule has 2 atom stereocenters. The van der Waals surface area contributed by atoms with E-state index >= 15 is 0 Å². The van der Waals surface area contributed by atoms with E-state index in [0.717, 1.165) is 22.4 Å². The molecule has 0 bridgehead atoms. The molecule has 0 fully saturated rings. The third-order valence-electron chi connectivity index (χ3n) is 6.38. The average Bonchev–Trinajstić information content (AvgIpc) is 3.01. The van der Waals surface area contributed by atoms with Gasteiger partial charge in [0.2, 0.25) is 5.91 Å². The van der Waals surface area contributed by atoms with Crippen molar-refractivity contribution in [3.63, 3.8) is 0 Å². The molecule has 0 saturated heterocycles. The van der Waals surface area contributed by atoms with Crippen LogP contribution in [0.5, 0.6) is 11.5 Å². The van der Waals surface area contributed by atoms with Crippen molar-refractivity contribution in [2.75, 3.05) is 12.4 Å². The van der Waals surface area contributed by atoms with E-state index in [1.54, 1.807) is 7.11 Å². The third-order valence-corrected chi connectivity index (χ3v) is 6.38. The Labute approximate surface area is 206 Å². The quantitative estimate of drug-likeness (QED) is 0.468. The van der Waals surface area contributed by atoms with Crippen LogP contribution < -0.4 is 14.8 Å². The minimum absolute atomic E-state index is 0.0415. The molecule has 0 aromatic heterocycles. The fourth-order valence-electron chi connectivity index (χ4n) is 4.42. The number of methoxy groups -OCH3 is 1. The first kappa shape index (κ1) is 24.3. The highest BCUT2D eigenvalue weighted by Crippen LogP contribution is 2.31. The predicted octanol–water partition coefficient (Wildman–Crippen LogP) is 5.53. The van der Waals surface area contributed by atoms with Crippen LogP contribution in [0.3, 0.4) is 0 Å². The number of anilines is 1. The van der Waals surface area contributed by atoms with Crippen LogP contribution in [-0.2, 0) is 22.7 Å². The zero-order valence-electron chi connectivity index (χ0n) is 20.5. The Bertz CT molecular complexity index is 1160. The van der Waals surface area contributed by atoms with E-state index in [1.807, 2.05) is 91.5 Å². The Balaban J connectivity index is 1.56. The number of fused-ring (bicyclic) bond motifs is 1. The predicted molar refractivity (Wildman–Crippen MR) is 137 cm³/mol. The molecule has 0 radical (unpaired) electrons. The first-order valence-electron chi connectivity index (χ1n) is 12.1. The minimum Gasteiger partial charge on any atom is -0.497 e. The highest BCUT2D eigenvalue weighted by Gasteiger charge is 2.30. The molecule has 2 amide bonds. The van der Waals surface area contributed by atoms with Crippen LogP contribution in [0.4, 0.5) is 5.69 Å². The smallest absolute Gasteiger partial charge is 0.264 e. The molecular formula is C29H32N2O4. The van der Waals surface area contributed by atoms with E-state index in [0.29, 0.717) is 37.4 Å². The van der Waals surface area contributed by atoms with Gasteiger partial charge >= 0.3 is 0 Å². The van der Waals surface area contributed by atoms with Gasteiger partial charge in [-0.05, 0) is 54.3 Å². The van der Waals surface area contributed by atoms with Crippen molar-refractivity contribution in [3.8, 4) is 11.5 Å². The molecule has 182 valence electrons. The van der Waals surface area contributed by atoms with Gasteiger partial charge in [0.15, 0.2) is 6.10 Å². The standard InChI is InChI=1S/C29H32N2O4/c1-4-25(21-9-7-6-8-10-21)28(32)30-23-13-16-27-22(17-23)19-31(29(33)26(5-2)35-27)18-20-11-14-24(34-3)15-12-20/h6-17,25-26H,4-5,18-19H2,1-3H3,(H,30,32). The fourth-order valence-corrected chi connectivity index (χ4v) is 4.42. The maximum Gasteiger partial charge on any atom is 0.264 e. The molecule has 1 N–H and O–H groups in total. The van der Waals surface area contributed by atoms with Crippen LogP contribution in [0, 0.1) is 0 Å². The first-order valence-corrected chi connectivity index (χ1v) is 12.1. The Kier molecular flexibility index (Phi) is 7.70. The van der Waals surface area contributed by atoms with Gasteiger partial charge in [-0.15, -0.1) is 0 Å². The zero-order chi connectivity index (χ0) is 24.8. The van der Waals surface area contributed by atoms with E-state index in [1.165, 1.54) is 0 Å². The Morgan fingerprint density at radius 2 is 1.83 bits per heavy atom. The summed E-state index contributed by atoms with van der Waals surface area (Å²) < 4.78 is 11.3. The summed E-state index contributed by atoms with van der Waals surface area (Å²) in [6.45, 7) is 4.82. The van der Waals surface area contributed by atoms with Gasteiger partial charge in [-0.2, -0.15) is 0 Å². The van der Waals surface area contributed by atoms with Gasteiger partial charge < -0.3 is 19.7 Å². The summed E-state index contributed by atoms with van der Waals surface area (Å²) in [5, 5.41) is 3.06. The van der Waals surface area contributed by atoms with E-state index in [4.69, 9.17) is 9.47 Å². The van der Waals surface area contributed by atoms with E-state index in [9.17, 15) is 9.59 Å². The van der Waals surface area contributed by atoms with Crippen molar-refractivity contribution >= 4 is 17.5 Å². The molecule has 2 unspecified atom stereocenters. The minimum atomic E-state index is -0.544. The zero-order valence-corrected chi connectivity index (χ0v) is 20.5. The average molecular weight is 473 g/mol. The molecule has 1 aliphatic heterocycles. The van der Waals surface area contributed by atoms with Gasteiger partial charge in [0.05, 0.1) is 13.0 Å². The van der Waals surface area contributed by atoms with Crippen molar-refractivity contribution in [1.29, 1.82) is 0 Å². The molecule has 1 aliphatic rings. The molecule has 1 heterocycles. The monoisotopic (exact) mass is 472 g/mol. The van der Waals surface area contributed by atoms with Gasteiger partial charge in [0, 0.05) is 24.3 Å². The lowest BCUT2D eigenvalue weighted by Gasteiger charge is -2.23. The van der Waals surface area contributed by atoms with Crippen LogP contribution in [0.1, 0.15) is 49.3 Å². The molecular weight excluding hydrogens is 440 g/mol. The normalized spacial score (nSPS) is 16.0. The molecule has 0 saturated carbocycles.